The molecule has 8 atom stereocenters. The van der Waals surface area contributed by atoms with Crippen molar-refractivity contribution in [1.82, 2.24) is 52.5 Å². The SMILES string of the molecule is CC(C)C[C@H](NC(=O)[C@H](CC(=O)O)NC(=O)[C@H](CCC(N)=O)NC(=O)[C@H](Cc1c[nH]c2ccccc12)NC(=O)[C@H](C)N)C(=O)N[C@@H](CC(N)=O)C(=O)N[C@@H](C)C(=O)NCC(=O)N[C@@H](Cc1c[nH]c2ccccc12)C(N)=O. The Labute approximate surface area is 435 Å². The number of carboxylic acid groups (broad SMARTS) is 1. The first-order valence-corrected chi connectivity index (χ1v) is 24.2. The number of nitrogens with one attached hydrogen (secondary N) is 10. The van der Waals surface area contributed by atoms with Crippen molar-refractivity contribution in [2.75, 3.05) is 6.54 Å². The molecule has 0 aliphatic rings. The van der Waals surface area contributed by atoms with E-state index in [2.05, 4.69) is 52.5 Å². The predicted octanol–water partition coefficient (Wildman–Crippen LogP) is -3.54. The number of rotatable bonds is 30. The van der Waals surface area contributed by atoms with E-state index in [0.29, 0.717) is 11.1 Å². The lowest BCUT2D eigenvalue weighted by molar-refractivity contribution is -0.141. The van der Waals surface area contributed by atoms with Crippen molar-refractivity contribution in [2.45, 2.75) is 121 Å². The fourth-order valence-corrected chi connectivity index (χ4v) is 7.86. The third-order valence-electron chi connectivity index (χ3n) is 11.8. The van der Waals surface area contributed by atoms with E-state index in [9.17, 15) is 62.6 Å². The van der Waals surface area contributed by atoms with Gasteiger partial charge in [-0.25, -0.2) is 0 Å². The van der Waals surface area contributed by atoms with Gasteiger partial charge in [0.25, 0.3) is 0 Å². The molecule has 4 aromatic rings. The number of nitrogens with two attached hydrogens (primary N) is 4. The van der Waals surface area contributed by atoms with Crippen molar-refractivity contribution in [1.29, 1.82) is 0 Å². The van der Waals surface area contributed by atoms with Crippen molar-refractivity contribution in [2.24, 2.45) is 28.9 Å². The third kappa shape index (κ3) is 18.3. The molecule has 76 heavy (non-hydrogen) atoms. The highest BCUT2D eigenvalue weighted by molar-refractivity contribution is 6.00. The highest BCUT2D eigenvalue weighted by Crippen LogP contribution is 2.21. The average Bonchev–Trinajstić information content (AvgIpc) is 3.96. The Kier molecular flexibility index (Phi) is 22.0. The fourth-order valence-electron chi connectivity index (χ4n) is 7.86. The zero-order chi connectivity index (χ0) is 56.4. The first-order chi connectivity index (χ1) is 35.8. The van der Waals surface area contributed by atoms with E-state index in [1.807, 2.05) is 18.2 Å². The van der Waals surface area contributed by atoms with Gasteiger partial charge < -0.3 is 80.5 Å². The largest absolute Gasteiger partial charge is 0.481 e. The van der Waals surface area contributed by atoms with Gasteiger partial charge >= 0.3 is 5.97 Å². The van der Waals surface area contributed by atoms with Gasteiger partial charge in [0.15, 0.2) is 0 Å². The van der Waals surface area contributed by atoms with E-state index < -0.39 is 152 Å². The van der Waals surface area contributed by atoms with Gasteiger partial charge in [-0.15, -0.1) is 0 Å². The molecule has 0 radical (unpaired) electrons. The van der Waals surface area contributed by atoms with Crippen LogP contribution < -0.4 is 65.5 Å². The lowest BCUT2D eigenvalue weighted by atomic mass is 10.0. The summed E-state index contributed by atoms with van der Waals surface area (Å²) in [7, 11) is 0. The van der Waals surface area contributed by atoms with Gasteiger partial charge in [0.1, 0.15) is 42.3 Å². The van der Waals surface area contributed by atoms with Crippen LogP contribution in [0.5, 0.6) is 0 Å². The van der Waals surface area contributed by atoms with E-state index in [4.69, 9.17) is 22.9 Å². The standard InChI is InChI=1S/C49H66N14O13/c1-23(2)15-34(47(74)62-36(18-39(52)65)46(73)57-25(4)44(71)56-22-40(66)58-33(42(53)69)16-26-20-54-30-11-7-5-9-28(26)30)61-49(76)37(19-41(67)68)63-45(72)32(13-14-38(51)64)59-48(75)35(60-43(70)24(3)50)17-27-21-55-31-12-8-6-10-29(27)31/h5-12,20-21,23-25,32-37,54-55H,13-19,22,50H2,1-4H3,(H2,51,64)(H2,52,65)(H2,53,69)(H,56,71)(H,57,73)(H,58,66)(H,59,75)(H,60,70)(H,61,76)(H,62,74)(H,63,72)(H,67,68)/t24-,25-,32-,33-,34-,35-,36-,37-/m0/s1. The molecule has 0 aliphatic heterocycles. The molecule has 0 fully saturated rings. The molecule has 27 heteroatoms. The molecule has 4 rings (SSSR count). The molecule has 2 aromatic heterocycles. The van der Waals surface area contributed by atoms with Crippen LogP contribution >= 0.6 is 0 Å². The van der Waals surface area contributed by atoms with Crippen LogP contribution in [0.15, 0.2) is 60.9 Å². The van der Waals surface area contributed by atoms with Gasteiger partial charge in [-0.3, -0.25) is 57.5 Å². The summed E-state index contributed by atoms with van der Waals surface area (Å²) in [5.74, 6) is -12.6. The lowest BCUT2D eigenvalue weighted by Crippen LogP contribution is -2.60. The maximum atomic E-state index is 13.9. The molecule has 410 valence electrons. The molecule has 27 nitrogen and oxygen atoms in total. The van der Waals surface area contributed by atoms with E-state index in [-0.39, 0.29) is 25.2 Å². The third-order valence-corrected chi connectivity index (χ3v) is 11.8. The second-order valence-corrected chi connectivity index (χ2v) is 18.6. The number of benzene rings is 2. The summed E-state index contributed by atoms with van der Waals surface area (Å²) >= 11 is 0. The molecule has 0 saturated carbocycles. The van der Waals surface area contributed by atoms with Crippen LogP contribution in [-0.2, 0) is 70.4 Å². The smallest absolute Gasteiger partial charge is 0.305 e. The van der Waals surface area contributed by atoms with Crippen LogP contribution in [-0.4, -0.2) is 141 Å². The van der Waals surface area contributed by atoms with E-state index in [1.165, 1.54) is 13.8 Å². The first kappa shape index (κ1) is 59.7. The monoisotopic (exact) mass is 1060 g/mol. The van der Waals surface area contributed by atoms with Crippen LogP contribution in [0.4, 0.5) is 0 Å². The molecule has 0 spiro atoms. The van der Waals surface area contributed by atoms with Gasteiger partial charge in [0.2, 0.25) is 65.0 Å². The molecular formula is C49H66N14O13. The van der Waals surface area contributed by atoms with Gasteiger partial charge in [-0.1, -0.05) is 50.2 Å². The topological polar surface area (TPSA) is 457 Å². The Bertz CT molecular complexity index is 2810. The summed E-state index contributed by atoms with van der Waals surface area (Å²) in [4.78, 5) is 162. The molecule has 0 saturated heterocycles. The van der Waals surface area contributed by atoms with E-state index in [1.54, 1.807) is 56.6 Å². The van der Waals surface area contributed by atoms with Crippen LogP contribution in [0.2, 0.25) is 0 Å². The van der Waals surface area contributed by atoms with Crippen molar-refractivity contribution in [3.8, 4) is 0 Å². The van der Waals surface area contributed by atoms with Crippen LogP contribution in [0.1, 0.15) is 70.9 Å². The zero-order valence-electron chi connectivity index (χ0n) is 42.3. The number of H-pyrrole nitrogens is 2. The van der Waals surface area contributed by atoms with Gasteiger partial charge in [-0.05, 0) is 55.9 Å². The van der Waals surface area contributed by atoms with Crippen LogP contribution in [0.3, 0.4) is 0 Å². The van der Waals surface area contributed by atoms with Gasteiger partial charge in [0, 0.05) is 53.5 Å². The minimum atomic E-state index is -1.94. The van der Waals surface area contributed by atoms with Crippen molar-refractivity contribution in [3.63, 3.8) is 0 Å². The summed E-state index contributed by atoms with van der Waals surface area (Å²) in [6, 6.07) is 2.53. The average molecular weight is 1060 g/mol. The van der Waals surface area contributed by atoms with Gasteiger partial charge in [0.05, 0.1) is 25.4 Å². The quantitative estimate of drug-likeness (QED) is 0.0241. The number of aromatic amines is 2. The van der Waals surface area contributed by atoms with Crippen LogP contribution in [0, 0.1) is 5.92 Å². The number of amides is 11. The van der Waals surface area contributed by atoms with Crippen molar-refractivity contribution >= 4 is 92.8 Å². The maximum absolute atomic E-state index is 13.9. The Balaban J connectivity index is 1.44. The summed E-state index contributed by atoms with van der Waals surface area (Å²) < 4.78 is 0. The molecule has 2 heterocycles. The van der Waals surface area contributed by atoms with Crippen molar-refractivity contribution in [3.05, 3.63) is 72.1 Å². The number of para-hydroxylation sites is 2. The summed E-state index contributed by atoms with van der Waals surface area (Å²) in [5, 5.41) is 30.4. The Morgan fingerprint density at radius 3 is 1.50 bits per heavy atom. The minimum Gasteiger partial charge on any atom is -0.481 e. The molecule has 0 bridgehead atoms. The molecule has 0 unspecified atom stereocenters. The number of hydrogen-bond donors (Lipinski definition) is 15. The molecule has 19 N–H and O–H groups in total. The summed E-state index contributed by atoms with van der Waals surface area (Å²) in [6.07, 6.45) is 0.280. The summed E-state index contributed by atoms with van der Waals surface area (Å²) in [6.45, 7) is 5.27. The number of carbonyl (C=O) groups excluding carboxylic acids is 11. The number of aromatic nitrogens is 2. The Morgan fingerprint density at radius 2 is 0.987 bits per heavy atom. The van der Waals surface area contributed by atoms with Gasteiger partial charge in [-0.2, -0.15) is 0 Å². The number of fused-ring (bicyclic) bond motifs is 2. The Hall–Kier alpha value is -8.88. The predicted molar refractivity (Wildman–Crippen MR) is 273 cm³/mol. The zero-order valence-corrected chi connectivity index (χ0v) is 42.3. The Morgan fingerprint density at radius 1 is 0.526 bits per heavy atom. The number of primary amides is 3. The second-order valence-electron chi connectivity index (χ2n) is 18.6. The number of hydrogen-bond acceptors (Lipinski definition) is 13. The lowest BCUT2D eigenvalue weighted by Gasteiger charge is -2.27. The maximum Gasteiger partial charge on any atom is 0.305 e. The second kappa shape index (κ2) is 28.0. The minimum absolute atomic E-state index is 0.0371. The molecule has 11 amide bonds. The normalized spacial score (nSPS) is 14.3. The molecule has 2 aromatic carbocycles. The number of carboxylic acids is 1. The van der Waals surface area contributed by atoms with Crippen LogP contribution in [0.25, 0.3) is 21.8 Å². The number of carbonyl (C=O) groups is 12. The fraction of sp³-hybridized carbons (Fsp3) is 0.429. The molecule has 0 aliphatic carbocycles. The molecular weight excluding hydrogens is 993 g/mol. The highest BCUT2D eigenvalue weighted by Gasteiger charge is 2.35. The first-order valence-electron chi connectivity index (χ1n) is 24.2. The van der Waals surface area contributed by atoms with E-state index >= 15 is 0 Å². The highest BCUT2D eigenvalue weighted by atomic mass is 16.4. The van der Waals surface area contributed by atoms with E-state index in [0.717, 1.165) is 21.8 Å². The van der Waals surface area contributed by atoms with Crippen molar-refractivity contribution < 1.29 is 62.6 Å². The summed E-state index contributed by atoms with van der Waals surface area (Å²) in [5.41, 5.74) is 24.9. The number of aliphatic carboxylic acids is 1.